The number of aromatic nitrogens is 2. The zero-order valence-electron chi connectivity index (χ0n) is 14.4. The van der Waals surface area contributed by atoms with E-state index in [2.05, 4.69) is 10.1 Å². The smallest absolute Gasteiger partial charge is 0.276 e. The average Bonchev–Trinajstić information content (AvgIpc) is 3.06. The van der Waals surface area contributed by atoms with Crippen molar-refractivity contribution >= 4 is 21.8 Å². The summed E-state index contributed by atoms with van der Waals surface area (Å²) in [4.78, 5) is 4.61. The standard InChI is InChI=1S/C17H21ClN4O3S/c1-11(12-4-2-3-5-14(12)18)16-20-15(21-25-16)13-10-17(13)6-8-22(9-7-17)26(19,23)24/h2-5,11,13H,6-10H2,1H3,(H2,19,23,24)/t11?,13-/m0/s1. The second-order valence-corrected chi connectivity index (χ2v) is 9.25. The Bertz CT molecular complexity index is 922. The highest BCUT2D eigenvalue weighted by Gasteiger charge is 2.58. The number of nitrogens with two attached hydrogens (primary N) is 1. The van der Waals surface area contributed by atoms with Gasteiger partial charge in [0.1, 0.15) is 0 Å². The summed E-state index contributed by atoms with van der Waals surface area (Å²) >= 11 is 6.26. The van der Waals surface area contributed by atoms with Gasteiger partial charge in [-0.2, -0.15) is 17.7 Å². The van der Waals surface area contributed by atoms with Crippen LogP contribution < -0.4 is 5.14 Å². The van der Waals surface area contributed by atoms with Gasteiger partial charge in [-0.25, -0.2) is 5.14 Å². The van der Waals surface area contributed by atoms with E-state index in [9.17, 15) is 8.42 Å². The molecule has 1 unspecified atom stereocenters. The molecule has 1 spiro atoms. The fraction of sp³-hybridized carbons (Fsp3) is 0.529. The van der Waals surface area contributed by atoms with Gasteiger partial charge in [0.05, 0.1) is 5.92 Å². The summed E-state index contributed by atoms with van der Waals surface area (Å²) in [5, 5.41) is 10.1. The van der Waals surface area contributed by atoms with Crippen molar-refractivity contribution in [1.29, 1.82) is 0 Å². The molecule has 0 amide bonds. The molecule has 2 fully saturated rings. The van der Waals surface area contributed by atoms with Crippen LogP contribution in [0.3, 0.4) is 0 Å². The van der Waals surface area contributed by atoms with Crippen LogP contribution in [0.25, 0.3) is 0 Å². The predicted octanol–water partition coefficient (Wildman–Crippen LogP) is 2.65. The van der Waals surface area contributed by atoms with Gasteiger partial charge in [0.15, 0.2) is 5.82 Å². The van der Waals surface area contributed by atoms with Gasteiger partial charge in [-0.15, -0.1) is 0 Å². The van der Waals surface area contributed by atoms with Crippen molar-refractivity contribution < 1.29 is 12.9 Å². The van der Waals surface area contributed by atoms with Crippen molar-refractivity contribution in [2.24, 2.45) is 10.6 Å². The number of benzene rings is 1. The van der Waals surface area contributed by atoms with Crippen molar-refractivity contribution in [3.8, 4) is 0 Å². The van der Waals surface area contributed by atoms with E-state index in [4.69, 9.17) is 21.3 Å². The Balaban J connectivity index is 1.46. The fourth-order valence-electron chi connectivity index (χ4n) is 3.98. The molecule has 140 valence electrons. The Labute approximate surface area is 157 Å². The van der Waals surface area contributed by atoms with Gasteiger partial charge in [0, 0.05) is 24.0 Å². The summed E-state index contributed by atoms with van der Waals surface area (Å²) in [6, 6.07) is 7.63. The summed E-state index contributed by atoms with van der Waals surface area (Å²) in [5.74, 6) is 1.41. The first-order valence-electron chi connectivity index (χ1n) is 8.66. The molecule has 0 radical (unpaired) electrons. The van der Waals surface area contributed by atoms with Crippen LogP contribution in [0.2, 0.25) is 5.02 Å². The van der Waals surface area contributed by atoms with E-state index in [1.54, 1.807) is 0 Å². The third-order valence-electron chi connectivity index (χ3n) is 5.78. The maximum absolute atomic E-state index is 11.5. The minimum Gasteiger partial charge on any atom is -0.339 e. The Morgan fingerprint density at radius 2 is 2.04 bits per heavy atom. The number of hydrogen-bond acceptors (Lipinski definition) is 5. The maximum Gasteiger partial charge on any atom is 0.276 e. The molecule has 2 aromatic rings. The first-order chi connectivity index (χ1) is 12.3. The van der Waals surface area contributed by atoms with E-state index in [-0.39, 0.29) is 17.3 Å². The second kappa shape index (κ2) is 6.30. The maximum atomic E-state index is 11.5. The molecule has 1 aliphatic carbocycles. The fourth-order valence-corrected chi connectivity index (χ4v) is 4.97. The molecule has 2 atom stereocenters. The average molecular weight is 397 g/mol. The Morgan fingerprint density at radius 1 is 1.35 bits per heavy atom. The minimum atomic E-state index is -3.60. The van der Waals surface area contributed by atoms with Gasteiger partial charge < -0.3 is 4.52 Å². The van der Waals surface area contributed by atoms with Gasteiger partial charge in [-0.05, 0) is 43.2 Å². The minimum absolute atomic E-state index is 0.0793. The zero-order chi connectivity index (χ0) is 18.5. The normalized spacial score (nSPS) is 23.9. The number of rotatable bonds is 4. The van der Waals surface area contributed by atoms with Gasteiger partial charge in [-0.1, -0.05) is 35.0 Å². The van der Waals surface area contributed by atoms with Gasteiger partial charge >= 0.3 is 0 Å². The highest BCUT2D eigenvalue weighted by atomic mass is 35.5. The van der Waals surface area contributed by atoms with Crippen LogP contribution in [0.15, 0.2) is 28.8 Å². The predicted molar refractivity (Wildman–Crippen MR) is 97.0 cm³/mol. The second-order valence-electron chi connectivity index (χ2n) is 7.30. The number of piperidine rings is 1. The quantitative estimate of drug-likeness (QED) is 0.855. The Kier molecular flexibility index (Phi) is 4.34. The Hall–Kier alpha value is -1.48. The van der Waals surface area contributed by atoms with Crippen LogP contribution in [0, 0.1) is 5.41 Å². The molecule has 0 bridgehead atoms. The largest absolute Gasteiger partial charge is 0.339 e. The van der Waals surface area contributed by atoms with E-state index in [0.29, 0.717) is 29.8 Å². The lowest BCUT2D eigenvalue weighted by Crippen LogP contribution is -2.43. The molecule has 2 heterocycles. The number of nitrogens with zero attached hydrogens (tertiary/aromatic N) is 3. The molecule has 1 saturated carbocycles. The van der Waals surface area contributed by atoms with Crippen molar-refractivity contribution in [3.63, 3.8) is 0 Å². The number of hydrogen-bond donors (Lipinski definition) is 1. The highest BCUT2D eigenvalue weighted by Crippen LogP contribution is 2.64. The van der Waals surface area contributed by atoms with E-state index >= 15 is 0 Å². The summed E-state index contributed by atoms with van der Waals surface area (Å²) in [5.41, 5.74) is 1.03. The molecule has 4 rings (SSSR count). The monoisotopic (exact) mass is 396 g/mol. The van der Waals surface area contributed by atoms with E-state index in [0.717, 1.165) is 24.8 Å². The topological polar surface area (TPSA) is 102 Å². The summed E-state index contributed by atoms with van der Waals surface area (Å²) < 4.78 is 29.8. The van der Waals surface area contributed by atoms with Crippen molar-refractivity contribution in [2.75, 3.05) is 13.1 Å². The lowest BCUT2D eigenvalue weighted by atomic mass is 9.92. The summed E-state index contributed by atoms with van der Waals surface area (Å²) in [6.45, 7) is 2.90. The van der Waals surface area contributed by atoms with Crippen LogP contribution in [0.4, 0.5) is 0 Å². The lowest BCUT2D eigenvalue weighted by molar-refractivity contribution is 0.249. The van der Waals surface area contributed by atoms with Gasteiger partial charge in [0.25, 0.3) is 10.2 Å². The zero-order valence-corrected chi connectivity index (χ0v) is 16.0. The van der Waals surface area contributed by atoms with Crippen LogP contribution >= 0.6 is 11.6 Å². The van der Waals surface area contributed by atoms with Crippen molar-refractivity contribution in [3.05, 3.63) is 46.6 Å². The van der Waals surface area contributed by atoms with E-state index < -0.39 is 10.2 Å². The summed E-state index contributed by atoms with van der Waals surface area (Å²) in [7, 11) is -3.60. The van der Waals surface area contributed by atoms with Gasteiger partial charge in [0.2, 0.25) is 5.89 Å². The third-order valence-corrected chi connectivity index (χ3v) is 7.21. The van der Waals surface area contributed by atoms with Crippen molar-refractivity contribution in [1.82, 2.24) is 14.4 Å². The molecule has 1 aromatic heterocycles. The molecule has 26 heavy (non-hydrogen) atoms. The SMILES string of the molecule is CC(c1nc([C@@H]2CC23CCN(S(N)(=O)=O)CC3)no1)c1ccccc1Cl. The molecule has 7 nitrogen and oxygen atoms in total. The van der Waals surface area contributed by atoms with Crippen LogP contribution in [0.1, 0.15) is 55.3 Å². The molecule has 1 saturated heterocycles. The molecule has 2 N–H and O–H groups in total. The lowest BCUT2D eigenvalue weighted by Gasteiger charge is -2.30. The van der Waals surface area contributed by atoms with Crippen LogP contribution in [-0.4, -0.2) is 36.0 Å². The molecule has 1 aliphatic heterocycles. The van der Waals surface area contributed by atoms with Gasteiger partial charge in [-0.3, -0.25) is 0 Å². The summed E-state index contributed by atoms with van der Waals surface area (Å²) in [6.07, 6.45) is 2.51. The van der Waals surface area contributed by atoms with Crippen LogP contribution in [-0.2, 0) is 10.2 Å². The molecule has 2 aliphatic rings. The highest BCUT2D eigenvalue weighted by molar-refractivity contribution is 7.86. The first-order valence-corrected chi connectivity index (χ1v) is 10.5. The molecule has 9 heteroatoms. The van der Waals surface area contributed by atoms with E-state index in [1.807, 2.05) is 31.2 Å². The first kappa shape index (κ1) is 17.9. The third kappa shape index (κ3) is 3.15. The van der Waals surface area contributed by atoms with Crippen molar-refractivity contribution in [2.45, 2.75) is 38.0 Å². The molecule has 1 aromatic carbocycles. The Morgan fingerprint density at radius 3 is 2.69 bits per heavy atom. The number of halogens is 1. The molecular weight excluding hydrogens is 376 g/mol. The molecular formula is C17H21ClN4O3S. The van der Waals surface area contributed by atoms with E-state index in [1.165, 1.54) is 4.31 Å². The van der Waals surface area contributed by atoms with Crippen LogP contribution in [0.5, 0.6) is 0 Å².